The molecule has 0 saturated carbocycles. The summed E-state index contributed by atoms with van der Waals surface area (Å²) in [5, 5.41) is 2.96. The standard InChI is InChI=1S/C18H30N4O3/c1-13(2)15(4)21-17(23)7-9-22(8-6-10-25-5)18(24)16-12-19-14(3)11-20-16/h11-13,15H,6-10H2,1-5H3,(H,21,23). The maximum atomic E-state index is 12.6. The number of carbonyl (C=O) groups is 2. The van der Waals surface area contributed by atoms with Gasteiger partial charge < -0.3 is 15.0 Å². The monoisotopic (exact) mass is 350 g/mol. The first-order valence-electron chi connectivity index (χ1n) is 8.71. The number of methoxy groups -OCH3 is 1. The quantitative estimate of drug-likeness (QED) is 0.651. The highest BCUT2D eigenvalue weighted by Crippen LogP contribution is 2.05. The third-order valence-corrected chi connectivity index (χ3v) is 4.06. The normalized spacial score (nSPS) is 12.1. The largest absolute Gasteiger partial charge is 0.385 e. The molecule has 25 heavy (non-hydrogen) atoms. The maximum Gasteiger partial charge on any atom is 0.274 e. The number of amides is 2. The van der Waals surface area contributed by atoms with E-state index in [2.05, 4.69) is 29.1 Å². The molecule has 2 amide bonds. The van der Waals surface area contributed by atoms with Gasteiger partial charge in [0, 0.05) is 45.5 Å². The molecule has 0 aliphatic heterocycles. The highest BCUT2D eigenvalue weighted by Gasteiger charge is 2.19. The first-order chi connectivity index (χ1) is 11.8. The Morgan fingerprint density at radius 1 is 1.20 bits per heavy atom. The Hall–Kier alpha value is -2.02. The van der Waals surface area contributed by atoms with Gasteiger partial charge in [-0.1, -0.05) is 13.8 Å². The van der Waals surface area contributed by atoms with Crippen molar-refractivity contribution in [3.63, 3.8) is 0 Å². The van der Waals surface area contributed by atoms with E-state index in [0.29, 0.717) is 37.7 Å². The zero-order valence-corrected chi connectivity index (χ0v) is 15.9. The lowest BCUT2D eigenvalue weighted by atomic mass is 10.1. The molecule has 0 spiro atoms. The second kappa shape index (κ2) is 10.8. The predicted octanol–water partition coefficient (Wildman–Crippen LogP) is 1.81. The molecule has 0 fully saturated rings. The third-order valence-electron chi connectivity index (χ3n) is 4.06. The molecule has 1 N–H and O–H groups in total. The summed E-state index contributed by atoms with van der Waals surface area (Å²) < 4.78 is 5.05. The number of ether oxygens (including phenoxy) is 1. The summed E-state index contributed by atoms with van der Waals surface area (Å²) in [5.74, 6) is 0.0975. The van der Waals surface area contributed by atoms with Gasteiger partial charge in [0.15, 0.2) is 0 Å². The molecule has 7 nitrogen and oxygen atoms in total. The van der Waals surface area contributed by atoms with Gasteiger partial charge in [-0.05, 0) is 26.2 Å². The van der Waals surface area contributed by atoms with Crippen LogP contribution in [0.15, 0.2) is 12.4 Å². The molecule has 1 heterocycles. The van der Waals surface area contributed by atoms with Crippen molar-refractivity contribution in [2.75, 3.05) is 26.8 Å². The van der Waals surface area contributed by atoms with E-state index in [0.717, 1.165) is 5.69 Å². The Labute approximate surface area is 150 Å². The Morgan fingerprint density at radius 2 is 1.92 bits per heavy atom. The lowest BCUT2D eigenvalue weighted by molar-refractivity contribution is -0.122. The van der Waals surface area contributed by atoms with Crippen LogP contribution in [0.4, 0.5) is 0 Å². The minimum absolute atomic E-state index is 0.0549. The van der Waals surface area contributed by atoms with E-state index in [-0.39, 0.29) is 24.3 Å². The predicted molar refractivity (Wildman–Crippen MR) is 96.2 cm³/mol. The summed E-state index contributed by atoms with van der Waals surface area (Å²) in [7, 11) is 1.62. The molecule has 0 bridgehead atoms. The Balaban J connectivity index is 2.67. The summed E-state index contributed by atoms with van der Waals surface area (Å²) >= 11 is 0. The van der Waals surface area contributed by atoms with Crippen molar-refractivity contribution in [1.29, 1.82) is 0 Å². The second-order valence-electron chi connectivity index (χ2n) is 6.53. The summed E-state index contributed by atoms with van der Waals surface area (Å²) in [6.07, 6.45) is 4.00. The maximum absolute atomic E-state index is 12.6. The van der Waals surface area contributed by atoms with Crippen molar-refractivity contribution >= 4 is 11.8 Å². The highest BCUT2D eigenvalue weighted by atomic mass is 16.5. The van der Waals surface area contributed by atoms with Gasteiger partial charge in [-0.25, -0.2) is 4.98 Å². The highest BCUT2D eigenvalue weighted by molar-refractivity contribution is 5.92. The molecule has 1 atom stereocenters. The van der Waals surface area contributed by atoms with Crippen molar-refractivity contribution < 1.29 is 14.3 Å². The molecule has 1 rings (SSSR count). The molecule has 0 radical (unpaired) electrons. The Bertz CT molecular complexity index is 546. The van der Waals surface area contributed by atoms with E-state index in [1.54, 1.807) is 18.2 Å². The average Bonchev–Trinajstić information content (AvgIpc) is 2.57. The Morgan fingerprint density at radius 3 is 2.48 bits per heavy atom. The van der Waals surface area contributed by atoms with Gasteiger partial charge in [-0.2, -0.15) is 0 Å². The van der Waals surface area contributed by atoms with E-state index in [1.165, 1.54) is 6.20 Å². The summed E-state index contributed by atoms with van der Waals surface area (Å²) in [6.45, 7) is 9.32. The van der Waals surface area contributed by atoms with Crippen molar-refractivity contribution in [2.45, 2.75) is 46.6 Å². The zero-order valence-electron chi connectivity index (χ0n) is 15.9. The van der Waals surface area contributed by atoms with Crippen LogP contribution in [0.2, 0.25) is 0 Å². The molecular formula is C18H30N4O3. The van der Waals surface area contributed by atoms with Crippen LogP contribution in [0.3, 0.4) is 0 Å². The first-order valence-corrected chi connectivity index (χ1v) is 8.71. The fourth-order valence-electron chi connectivity index (χ4n) is 2.11. The number of carbonyl (C=O) groups excluding carboxylic acids is 2. The van der Waals surface area contributed by atoms with E-state index >= 15 is 0 Å². The van der Waals surface area contributed by atoms with E-state index < -0.39 is 0 Å². The smallest absolute Gasteiger partial charge is 0.274 e. The fraction of sp³-hybridized carbons (Fsp3) is 0.667. The molecule has 1 unspecified atom stereocenters. The number of aryl methyl sites for hydroxylation is 1. The Kier molecular flexibility index (Phi) is 9.05. The lowest BCUT2D eigenvalue weighted by Crippen LogP contribution is -2.40. The van der Waals surface area contributed by atoms with Crippen LogP contribution in [-0.2, 0) is 9.53 Å². The second-order valence-corrected chi connectivity index (χ2v) is 6.53. The van der Waals surface area contributed by atoms with Crippen LogP contribution in [0.5, 0.6) is 0 Å². The fourth-order valence-corrected chi connectivity index (χ4v) is 2.11. The molecular weight excluding hydrogens is 320 g/mol. The minimum atomic E-state index is -0.215. The SMILES string of the molecule is COCCCN(CCC(=O)NC(C)C(C)C)C(=O)c1cnc(C)cn1. The van der Waals surface area contributed by atoms with Crippen molar-refractivity contribution in [2.24, 2.45) is 5.92 Å². The molecule has 1 aromatic rings. The number of rotatable bonds is 10. The summed E-state index contributed by atoms with van der Waals surface area (Å²) in [5.41, 5.74) is 1.04. The van der Waals surface area contributed by atoms with E-state index in [4.69, 9.17) is 4.74 Å². The van der Waals surface area contributed by atoms with Crippen molar-refractivity contribution in [3.8, 4) is 0 Å². The van der Waals surface area contributed by atoms with Gasteiger partial charge in [-0.15, -0.1) is 0 Å². The number of hydrogen-bond donors (Lipinski definition) is 1. The molecule has 0 aliphatic carbocycles. The van der Waals surface area contributed by atoms with Gasteiger partial charge in [0.05, 0.1) is 11.9 Å². The van der Waals surface area contributed by atoms with Crippen LogP contribution >= 0.6 is 0 Å². The van der Waals surface area contributed by atoms with E-state index in [9.17, 15) is 9.59 Å². The van der Waals surface area contributed by atoms with Crippen LogP contribution in [0, 0.1) is 12.8 Å². The van der Waals surface area contributed by atoms with Crippen LogP contribution in [-0.4, -0.2) is 59.5 Å². The minimum Gasteiger partial charge on any atom is -0.385 e. The molecule has 140 valence electrons. The first kappa shape index (κ1) is 21.0. The lowest BCUT2D eigenvalue weighted by Gasteiger charge is -2.23. The molecule has 1 aromatic heterocycles. The summed E-state index contributed by atoms with van der Waals surface area (Å²) in [6, 6.07) is 0.105. The molecule has 0 aliphatic rings. The van der Waals surface area contributed by atoms with E-state index in [1.807, 2.05) is 13.8 Å². The van der Waals surface area contributed by atoms with Gasteiger partial charge >= 0.3 is 0 Å². The van der Waals surface area contributed by atoms with Gasteiger partial charge in [0.25, 0.3) is 5.91 Å². The number of hydrogen-bond acceptors (Lipinski definition) is 5. The molecule has 7 heteroatoms. The van der Waals surface area contributed by atoms with Crippen LogP contribution < -0.4 is 5.32 Å². The number of nitrogens with one attached hydrogen (secondary N) is 1. The molecule has 0 saturated heterocycles. The van der Waals surface area contributed by atoms with Crippen LogP contribution in [0.25, 0.3) is 0 Å². The van der Waals surface area contributed by atoms with Crippen LogP contribution in [0.1, 0.15) is 49.8 Å². The topological polar surface area (TPSA) is 84.4 Å². The van der Waals surface area contributed by atoms with Crippen molar-refractivity contribution in [3.05, 3.63) is 23.8 Å². The van der Waals surface area contributed by atoms with Crippen molar-refractivity contribution in [1.82, 2.24) is 20.2 Å². The van der Waals surface area contributed by atoms with Gasteiger partial charge in [0.1, 0.15) is 5.69 Å². The van der Waals surface area contributed by atoms with Gasteiger partial charge in [-0.3, -0.25) is 14.6 Å². The molecule has 0 aromatic carbocycles. The summed E-state index contributed by atoms with van der Waals surface area (Å²) in [4.78, 5) is 34.6. The number of nitrogens with zero attached hydrogens (tertiary/aromatic N) is 3. The third kappa shape index (κ3) is 7.60. The van der Waals surface area contributed by atoms with Gasteiger partial charge in [0.2, 0.25) is 5.91 Å². The number of aromatic nitrogens is 2. The average molecular weight is 350 g/mol. The zero-order chi connectivity index (χ0) is 18.8.